The van der Waals surface area contributed by atoms with Gasteiger partial charge in [0.25, 0.3) is 5.91 Å². The van der Waals surface area contributed by atoms with Gasteiger partial charge in [0, 0.05) is 29.1 Å². The number of carbonyl (C=O) groups excluding carboxylic acids is 1. The number of pyridine rings is 1. The largest absolute Gasteiger partial charge is 0.484 e. The maximum absolute atomic E-state index is 12.3. The van der Waals surface area contributed by atoms with E-state index >= 15 is 0 Å². The highest BCUT2D eigenvalue weighted by molar-refractivity contribution is 6.35. The summed E-state index contributed by atoms with van der Waals surface area (Å²) in [4.78, 5) is 27.8. The molecule has 0 bridgehead atoms. The minimum Gasteiger partial charge on any atom is -0.484 e. The summed E-state index contributed by atoms with van der Waals surface area (Å²) in [5.74, 6) is 0.0896. The van der Waals surface area contributed by atoms with E-state index in [2.05, 4.69) is 10.3 Å². The molecule has 2 aromatic carbocycles. The van der Waals surface area contributed by atoms with Gasteiger partial charge in [-0.15, -0.1) is 0 Å². The van der Waals surface area contributed by atoms with Crippen molar-refractivity contribution in [3.63, 3.8) is 0 Å². The molecule has 0 unspecified atom stereocenters. The van der Waals surface area contributed by atoms with Gasteiger partial charge in [-0.2, -0.15) is 0 Å². The highest BCUT2D eigenvalue weighted by atomic mass is 35.5. The van der Waals surface area contributed by atoms with Crippen LogP contribution in [-0.4, -0.2) is 17.5 Å². The van der Waals surface area contributed by atoms with Crippen molar-refractivity contribution in [2.75, 3.05) is 11.9 Å². The number of nitrogens with one attached hydrogen (secondary N) is 1. The maximum atomic E-state index is 12.3. The monoisotopic (exact) mass is 380 g/mol. The molecule has 0 fully saturated rings. The highest BCUT2D eigenvalue weighted by Gasteiger charge is 2.10. The molecule has 0 aliphatic carbocycles. The van der Waals surface area contributed by atoms with E-state index in [9.17, 15) is 9.59 Å². The fraction of sp³-hybridized carbons (Fsp3) is 0.0500. The Hall–Kier alpha value is -3.38. The van der Waals surface area contributed by atoms with E-state index in [0.29, 0.717) is 27.6 Å². The van der Waals surface area contributed by atoms with E-state index in [4.69, 9.17) is 20.8 Å². The molecule has 6 nitrogen and oxygen atoms in total. The van der Waals surface area contributed by atoms with Crippen molar-refractivity contribution < 1.29 is 13.9 Å². The number of amides is 1. The third-order valence-corrected chi connectivity index (χ3v) is 4.26. The smallest absolute Gasteiger partial charge is 0.336 e. The lowest BCUT2D eigenvalue weighted by Gasteiger charge is -2.10. The zero-order valence-corrected chi connectivity index (χ0v) is 14.7. The van der Waals surface area contributed by atoms with Crippen LogP contribution in [0.15, 0.2) is 70.0 Å². The SMILES string of the molecule is O=C(COc1ccc2ccc(=O)oc2c1)Nc1ccc(Cl)c2ncccc12. The number of hydrogen-bond donors (Lipinski definition) is 1. The molecule has 0 spiro atoms. The third-order valence-electron chi connectivity index (χ3n) is 3.96. The second-order valence-corrected chi connectivity index (χ2v) is 6.19. The van der Waals surface area contributed by atoms with Gasteiger partial charge in [0.2, 0.25) is 0 Å². The molecule has 4 rings (SSSR count). The van der Waals surface area contributed by atoms with Crippen LogP contribution in [-0.2, 0) is 4.79 Å². The van der Waals surface area contributed by atoms with Crippen LogP contribution in [0, 0.1) is 0 Å². The summed E-state index contributed by atoms with van der Waals surface area (Å²) in [6, 6.07) is 15.0. The molecule has 0 aliphatic heterocycles. The van der Waals surface area contributed by atoms with Gasteiger partial charge in [-0.25, -0.2) is 4.79 Å². The first-order valence-electron chi connectivity index (χ1n) is 8.10. The van der Waals surface area contributed by atoms with Crippen LogP contribution in [0.4, 0.5) is 5.69 Å². The molecule has 2 aromatic heterocycles. The van der Waals surface area contributed by atoms with Gasteiger partial charge >= 0.3 is 5.63 Å². The van der Waals surface area contributed by atoms with Gasteiger partial charge in [-0.3, -0.25) is 9.78 Å². The number of hydrogen-bond acceptors (Lipinski definition) is 5. The van der Waals surface area contributed by atoms with Gasteiger partial charge in [0.05, 0.1) is 16.2 Å². The van der Waals surface area contributed by atoms with Gasteiger partial charge in [-0.05, 0) is 42.5 Å². The van der Waals surface area contributed by atoms with Crippen LogP contribution in [0.1, 0.15) is 0 Å². The lowest BCUT2D eigenvalue weighted by Crippen LogP contribution is -2.20. The molecule has 7 heteroatoms. The summed E-state index contributed by atoms with van der Waals surface area (Å²) in [7, 11) is 0. The number of benzene rings is 2. The standard InChI is InChI=1S/C20H13ClN2O4/c21-15-6-7-16(14-2-1-9-22-20(14)15)23-18(24)11-26-13-5-3-12-4-8-19(25)27-17(12)10-13/h1-10H,11H2,(H,23,24). The number of halogens is 1. The van der Waals surface area contributed by atoms with E-state index in [1.165, 1.54) is 6.07 Å². The average molecular weight is 381 g/mol. The summed E-state index contributed by atoms with van der Waals surface area (Å²) >= 11 is 6.13. The van der Waals surface area contributed by atoms with Crippen LogP contribution in [0.2, 0.25) is 5.02 Å². The molecule has 0 radical (unpaired) electrons. The Bertz CT molecular complexity index is 1220. The van der Waals surface area contributed by atoms with Crippen molar-refractivity contribution in [1.29, 1.82) is 0 Å². The second kappa shape index (κ2) is 7.09. The van der Waals surface area contributed by atoms with Crippen LogP contribution in [0.5, 0.6) is 5.75 Å². The van der Waals surface area contributed by atoms with E-state index in [1.807, 2.05) is 6.07 Å². The lowest BCUT2D eigenvalue weighted by molar-refractivity contribution is -0.118. The predicted octanol–water partition coefficient (Wildman–Crippen LogP) is 4.01. The Labute approximate surface area is 158 Å². The predicted molar refractivity (Wildman–Crippen MR) is 103 cm³/mol. The lowest BCUT2D eigenvalue weighted by atomic mass is 10.2. The maximum Gasteiger partial charge on any atom is 0.336 e. The first-order chi connectivity index (χ1) is 13.1. The summed E-state index contributed by atoms with van der Waals surface area (Å²) in [6.45, 7) is -0.201. The molecule has 0 atom stereocenters. The van der Waals surface area contributed by atoms with Crippen LogP contribution < -0.4 is 15.7 Å². The Morgan fingerprint density at radius 2 is 2.00 bits per heavy atom. The summed E-state index contributed by atoms with van der Waals surface area (Å²) in [5.41, 5.74) is 1.17. The van der Waals surface area contributed by atoms with Crippen LogP contribution in [0.25, 0.3) is 21.9 Å². The highest BCUT2D eigenvalue weighted by Crippen LogP contribution is 2.28. The number of carbonyl (C=O) groups is 1. The van der Waals surface area contributed by atoms with Gasteiger partial charge in [0.1, 0.15) is 11.3 Å². The Morgan fingerprint density at radius 3 is 2.89 bits per heavy atom. The van der Waals surface area contributed by atoms with Gasteiger partial charge in [0.15, 0.2) is 6.61 Å². The first-order valence-corrected chi connectivity index (χ1v) is 8.48. The molecule has 4 aromatic rings. The quantitative estimate of drug-likeness (QED) is 0.541. The molecule has 2 heterocycles. The number of ether oxygens (including phenoxy) is 1. The normalized spacial score (nSPS) is 10.9. The molecule has 134 valence electrons. The molecular formula is C20H13ClN2O4. The summed E-state index contributed by atoms with van der Waals surface area (Å²) < 4.78 is 10.6. The minimum absolute atomic E-state index is 0.201. The van der Waals surface area contributed by atoms with Gasteiger partial charge < -0.3 is 14.5 Å². The number of rotatable bonds is 4. The van der Waals surface area contributed by atoms with Crippen molar-refractivity contribution in [2.24, 2.45) is 0 Å². The van der Waals surface area contributed by atoms with E-state index < -0.39 is 5.63 Å². The van der Waals surface area contributed by atoms with Crippen LogP contribution >= 0.6 is 11.6 Å². The Kier molecular flexibility index (Phi) is 4.48. The van der Waals surface area contributed by atoms with E-state index in [-0.39, 0.29) is 12.5 Å². The minimum atomic E-state index is -0.444. The zero-order chi connectivity index (χ0) is 18.8. The fourth-order valence-corrected chi connectivity index (χ4v) is 2.93. The molecule has 0 aliphatic rings. The Morgan fingerprint density at radius 1 is 1.15 bits per heavy atom. The van der Waals surface area contributed by atoms with Crippen molar-refractivity contribution in [3.05, 3.63) is 76.2 Å². The van der Waals surface area contributed by atoms with Crippen molar-refractivity contribution >= 4 is 45.1 Å². The number of aromatic nitrogens is 1. The topological polar surface area (TPSA) is 81.4 Å². The average Bonchev–Trinajstić information content (AvgIpc) is 2.68. The molecule has 0 saturated carbocycles. The van der Waals surface area contributed by atoms with Crippen molar-refractivity contribution in [1.82, 2.24) is 4.98 Å². The molecular weight excluding hydrogens is 368 g/mol. The molecule has 27 heavy (non-hydrogen) atoms. The van der Waals surface area contributed by atoms with Gasteiger partial charge in [-0.1, -0.05) is 11.6 Å². The molecule has 1 N–H and O–H groups in total. The number of anilines is 1. The van der Waals surface area contributed by atoms with E-state index in [0.717, 1.165) is 10.8 Å². The second-order valence-electron chi connectivity index (χ2n) is 5.79. The third kappa shape index (κ3) is 3.61. The first kappa shape index (κ1) is 17.1. The van der Waals surface area contributed by atoms with Crippen molar-refractivity contribution in [3.8, 4) is 5.75 Å². The van der Waals surface area contributed by atoms with E-state index in [1.54, 1.807) is 48.7 Å². The number of nitrogens with zero attached hydrogens (tertiary/aromatic N) is 1. The number of fused-ring (bicyclic) bond motifs is 2. The summed E-state index contributed by atoms with van der Waals surface area (Å²) in [6.07, 6.45) is 1.64. The van der Waals surface area contributed by atoms with Crippen molar-refractivity contribution in [2.45, 2.75) is 0 Å². The fourth-order valence-electron chi connectivity index (χ4n) is 2.71. The van der Waals surface area contributed by atoms with Crippen LogP contribution in [0.3, 0.4) is 0 Å². The summed E-state index contributed by atoms with van der Waals surface area (Å²) in [5, 5.41) is 4.82. The Balaban J connectivity index is 1.49. The zero-order valence-electron chi connectivity index (χ0n) is 13.9. The molecule has 1 amide bonds. The molecule has 0 saturated heterocycles.